The van der Waals surface area contributed by atoms with Gasteiger partial charge in [0.15, 0.2) is 11.5 Å². The van der Waals surface area contributed by atoms with E-state index in [0.29, 0.717) is 24.7 Å². The van der Waals surface area contributed by atoms with Crippen LogP contribution >= 0.6 is 0 Å². The van der Waals surface area contributed by atoms with E-state index in [1.165, 1.54) is 6.33 Å². The predicted octanol–water partition coefficient (Wildman–Crippen LogP) is 4.70. The highest BCUT2D eigenvalue weighted by molar-refractivity contribution is 5.88. The molecule has 0 fully saturated rings. The summed E-state index contributed by atoms with van der Waals surface area (Å²) in [5, 5.41) is 9.21. The summed E-state index contributed by atoms with van der Waals surface area (Å²) in [6.45, 7) is 6.90. The number of rotatable bonds is 9. The Labute approximate surface area is 175 Å². The highest BCUT2D eigenvalue weighted by atomic mass is 16.5. The molecule has 0 saturated heterocycles. The van der Waals surface area contributed by atoms with E-state index < -0.39 is 5.97 Å². The number of ether oxygens (including phenoxy) is 2. The van der Waals surface area contributed by atoms with Crippen LogP contribution in [0.25, 0.3) is 0 Å². The third-order valence-electron chi connectivity index (χ3n) is 4.28. The molecule has 0 spiro atoms. The first kappa shape index (κ1) is 21.1. The van der Waals surface area contributed by atoms with Crippen molar-refractivity contribution in [2.75, 3.05) is 11.5 Å². The van der Waals surface area contributed by atoms with Crippen molar-refractivity contribution in [1.29, 1.82) is 0 Å². The Morgan fingerprint density at radius 1 is 1.03 bits per heavy atom. The van der Waals surface area contributed by atoms with Gasteiger partial charge in [0.25, 0.3) is 0 Å². The zero-order chi connectivity index (χ0) is 21.5. The molecule has 7 nitrogen and oxygen atoms in total. The molecule has 3 rings (SSSR count). The molecular formula is C23H25N3O4. The van der Waals surface area contributed by atoms with Gasteiger partial charge in [-0.3, -0.25) is 0 Å². The van der Waals surface area contributed by atoms with Gasteiger partial charge >= 0.3 is 5.97 Å². The molecule has 0 unspecified atom stereocenters. The van der Waals surface area contributed by atoms with Crippen LogP contribution in [0.3, 0.4) is 0 Å². The largest absolute Gasteiger partial charge is 0.490 e. The molecule has 0 atom stereocenters. The zero-order valence-electron chi connectivity index (χ0n) is 17.3. The van der Waals surface area contributed by atoms with Crippen molar-refractivity contribution < 1.29 is 19.4 Å². The van der Waals surface area contributed by atoms with E-state index in [1.54, 1.807) is 36.7 Å². The summed E-state index contributed by atoms with van der Waals surface area (Å²) in [6.07, 6.45) is 4.99. The van der Waals surface area contributed by atoms with E-state index in [2.05, 4.69) is 9.97 Å². The van der Waals surface area contributed by atoms with Crippen LogP contribution < -0.4 is 14.4 Å². The van der Waals surface area contributed by atoms with Crippen molar-refractivity contribution in [1.82, 2.24) is 9.97 Å². The SMILES string of the molecule is CCOc1ccc(N(Cc2cncnc2)c2ccc(C(=O)O)cc2)cc1OC(C)C. The van der Waals surface area contributed by atoms with Crippen molar-refractivity contribution in [3.63, 3.8) is 0 Å². The fraction of sp³-hybridized carbons (Fsp3) is 0.261. The highest BCUT2D eigenvalue weighted by Crippen LogP contribution is 2.36. The smallest absolute Gasteiger partial charge is 0.335 e. The summed E-state index contributed by atoms with van der Waals surface area (Å²) in [4.78, 5) is 21.5. The number of carbonyl (C=O) groups is 1. The lowest BCUT2D eigenvalue weighted by Gasteiger charge is -2.26. The minimum absolute atomic E-state index is 0.00900. The van der Waals surface area contributed by atoms with Gasteiger partial charge in [-0.1, -0.05) is 0 Å². The second kappa shape index (κ2) is 9.73. The molecule has 0 radical (unpaired) electrons. The standard InChI is InChI=1S/C23H25N3O4/c1-4-29-21-10-9-20(11-22(21)30-16(2)3)26(14-17-12-24-15-25-13-17)19-7-5-18(6-8-19)23(27)28/h5-13,15-16H,4,14H2,1-3H3,(H,27,28). The van der Waals surface area contributed by atoms with E-state index in [1.807, 2.05) is 43.9 Å². The molecule has 30 heavy (non-hydrogen) atoms. The number of carboxylic acids is 1. The van der Waals surface area contributed by atoms with Gasteiger partial charge in [-0.15, -0.1) is 0 Å². The molecule has 0 amide bonds. The van der Waals surface area contributed by atoms with E-state index in [-0.39, 0.29) is 11.7 Å². The molecule has 1 heterocycles. The summed E-state index contributed by atoms with van der Waals surface area (Å²) in [6, 6.07) is 12.5. The minimum Gasteiger partial charge on any atom is -0.490 e. The van der Waals surface area contributed by atoms with Gasteiger partial charge in [0.1, 0.15) is 6.33 Å². The lowest BCUT2D eigenvalue weighted by Crippen LogP contribution is -2.17. The summed E-state index contributed by atoms with van der Waals surface area (Å²) in [5.41, 5.74) is 2.86. The summed E-state index contributed by atoms with van der Waals surface area (Å²) >= 11 is 0. The van der Waals surface area contributed by atoms with Crippen LogP contribution in [0, 0.1) is 0 Å². The molecule has 3 aromatic rings. The fourth-order valence-electron chi connectivity index (χ4n) is 3.00. The first-order chi connectivity index (χ1) is 14.5. The molecule has 1 N–H and O–H groups in total. The molecule has 0 bridgehead atoms. The van der Waals surface area contributed by atoms with Gasteiger partial charge in [-0.2, -0.15) is 0 Å². The number of hydrogen-bond donors (Lipinski definition) is 1. The number of hydrogen-bond acceptors (Lipinski definition) is 6. The van der Waals surface area contributed by atoms with Crippen molar-refractivity contribution in [2.45, 2.75) is 33.4 Å². The van der Waals surface area contributed by atoms with Crippen LogP contribution in [0.4, 0.5) is 11.4 Å². The monoisotopic (exact) mass is 407 g/mol. The first-order valence-electron chi connectivity index (χ1n) is 9.76. The molecule has 1 aromatic heterocycles. The Balaban J connectivity index is 2.03. The van der Waals surface area contributed by atoms with Gasteiger partial charge in [-0.05, 0) is 57.2 Å². The number of anilines is 2. The summed E-state index contributed by atoms with van der Waals surface area (Å²) in [5.74, 6) is 0.373. The lowest BCUT2D eigenvalue weighted by atomic mass is 10.1. The Morgan fingerprint density at radius 3 is 2.30 bits per heavy atom. The highest BCUT2D eigenvalue weighted by Gasteiger charge is 2.16. The van der Waals surface area contributed by atoms with E-state index in [9.17, 15) is 9.90 Å². The second-order valence-corrected chi connectivity index (χ2v) is 6.92. The number of benzene rings is 2. The average molecular weight is 407 g/mol. The van der Waals surface area contributed by atoms with Crippen LogP contribution in [0.1, 0.15) is 36.7 Å². The summed E-state index contributed by atoms with van der Waals surface area (Å²) < 4.78 is 11.7. The lowest BCUT2D eigenvalue weighted by molar-refractivity contribution is 0.0697. The molecule has 0 saturated carbocycles. The van der Waals surface area contributed by atoms with Crippen molar-refractivity contribution in [3.8, 4) is 11.5 Å². The third-order valence-corrected chi connectivity index (χ3v) is 4.28. The Bertz CT molecular complexity index is 975. The van der Waals surface area contributed by atoms with Crippen LogP contribution in [0.2, 0.25) is 0 Å². The number of aromatic nitrogens is 2. The topological polar surface area (TPSA) is 84.8 Å². The van der Waals surface area contributed by atoms with Gasteiger partial charge < -0.3 is 19.5 Å². The van der Waals surface area contributed by atoms with Crippen molar-refractivity contribution in [3.05, 3.63) is 72.3 Å². The fourth-order valence-corrected chi connectivity index (χ4v) is 3.00. The van der Waals surface area contributed by atoms with Gasteiger partial charge in [0.05, 0.1) is 24.8 Å². The third kappa shape index (κ3) is 5.26. The minimum atomic E-state index is -0.960. The average Bonchev–Trinajstić information content (AvgIpc) is 2.74. The maximum atomic E-state index is 11.2. The predicted molar refractivity (Wildman–Crippen MR) is 115 cm³/mol. The Morgan fingerprint density at radius 2 is 1.70 bits per heavy atom. The first-order valence-corrected chi connectivity index (χ1v) is 9.76. The molecule has 156 valence electrons. The quantitative estimate of drug-likeness (QED) is 0.550. The Kier molecular flexibility index (Phi) is 6.85. The van der Waals surface area contributed by atoms with Gasteiger partial charge in [0, 0.05) is 35.4 Å². The number of aromatic carboxylic acids is 1. The van der Waals surface area contributed by atoms with Crippen LogP contribution in [0.5, 0.6) is 11.5 Å². The van der Waals surface area contributed by atoms with Crippen molar-refractivity contribution in [2.24, 2.45) is 0 Å². The Hall–Kier alpha value is -3.61. The normalized spacial score (nSPS) is 10.7. The number of nitrogens with zero attached hydrogens (tertiary/aromatic N) is 3. The van der Waals surface area contributed by atoms with Crippen LogP contribution in [-0.2, 0) is 6.54 Å². The van der Waals surface area contributed by atoms with Crippen LogP contribution in [-0.4, -0.2) is 33.8 Å². The summed E-state index contributed by atoms with van der Waals surface area (Å²) in [7, 11) is 0. The molecule has 0 aliphatic carbocycles. The van der Waals surface area contributed by atoms with E-state index in [4.69, 9.17) is 9.47 Å². The molecule has 0 aliphatic rings. The molecule has 2 aromatic carbocycles. The second-order valence-electron chi connectivity index (χ2n) is 6.92. The maximum Gasteiger partial charge on any atom is 0.335 e. The van der Waals surface area contributed by atoms with E-state index in [0.717, 1.165) is 16.9 Å². The molecular weight excluding hydrogens is 382 g/mol. The maximum absolute atomic E-state index is 11.2. The zero-order valence-corrected chi connectivity index (χ0v) is 17.3. The van der Waals surface area contributed by atoms with Crippen LogP contribution in [0.15, 0.2) is 61.2 Å². The van der Waals surface area contributed by atoms with Crippen molar-refractivity contribution >= 4 is 17.3 Å². The number of carboxylic acid groups (broad SMARTS) is 1. The van der Waals surface area contributed by atoms with Gasteiger partial charge in [-0.25, -0.2) is 14.8 Å². The van der Waals surface area contributed by atoms with E-state index >= 15 is 0 Å². The molecule has 0 aliphatic heterocycles. The molecule has 7 heteroatoms. The van der Waals surface area contributed by atoms with Gasteiger partial charge in [0.2, 0.25) is 0 Å².